The summed E-state index contributed by atoms with van der Waals surface area (Å²) in [6.07, 6.45) is 2.25. The molecule has 6 rings (SSSR count). The van der Waals surface area contributed by atoms with Gasteiger partial charge in [-0.15, -0.1) is 0 Å². The molecule has 1 aliphatic rings. The number of benzene rings is 2. The quantitative estimate of drug-likeness (QED) is 0.344. The molecule has 204 valence electrons. The number of nitriles is 1. The monoisotopic (exact) mass is 546 g/mol. The van der Waals surface area contributed by atoms with Crippen molar-refractivity contribution in [2.45, 2.75) is 25.1 Å². The second-order valence-electron chi connectivity index (χ2n) is 9.91. The number of halogens is 2. The van der Waals surface area contributed by atoms with Gasteiger partial charge in [-0.25, -0.2) is 23.5 Å². The minimum absolute atomic E-state index is 0.0570. The maximum absolute atomic E-state index is 15.1. The van der Waals surface area contributed by atoms with Gasteiger partial charge in [-0.2, -0.15) is 10.2 Å². The molecule has 13 heteroatoms. The zero-order valence-electron chi connectivity index (χ0n) is 21.6. The van der Waals surface area contributed by atoms with Crippen LogP contribution in [0.4, 0.5) is 8.78 Å². The van der Waals surface area contributed by atoms with Gasteiger partial charge in [-0.05, 0) is 44.4 Å². The van der Waals surface area contributed by atoms with E-state index < -0.39 is 29.5 Å². The molecule has 0 saturated carbocycles. The summed E-state index contributed by atoms with van der Waals surface area (Å²) in [6.45, 7) is 0.284. The van der Waals surface area contributed by atoms with Crippen LogP contribution in [0.1, 0.15) is 23.6 Å². The maximum Gasteiger partial charge on any atom is 0.331 e. The van der Waals surface area contributed by atoms with Crippen LogP contribution >= 0.6 is 0 Å². The van der Waals surface area contributed by atoms with Crippen molar-refractivity contribution < 1.29 is 18.6 Å². The summed E-state index contributed by atoms with van der Waals surface area (Å²) in [7, 11) is 3.60. The summed E-state index contributed by atoms with van der Waals surface area (Å²) in [5.41, 5.74) is 1.48. The Morgan fingerprint density at radius 1 is 1.20 bits per heavy atom. The average Bonchev–Trinajstić information content (AvgIpc) is 3.47. The Bertz CT molecular complexity index is 1870. The van der Waals surface area contributed by atoms with Gasteiger partial charge in [0.15, 0.2) is 17.2 Å². The van der Waals surface area contributed by atoms with Crippen LogP contribution in [0, 0.1) is 23.0 Å². The first-order chi connectivity index (χ1) is 19.3. The highest BCUT2D eigenvalue weighted by molar-refractivity contribution is 5.79. The van der Waals surface area contributed by atoms with Crippen LogP contribution in [0.15, 0.2) is 47.7 Å². The molecule has 40 heavy (non-hydrogen) atoms. The summed E-state index contributed by atoms with van der Waals surface area (Å²) in [5.74, 6) is -1.51. The summed E-state index contributed by atoms with van der Waals surface area (Å²) in [4.78, 5) is 29.2. The van der Waals surface area contributed by atoms with Gasteiger partial charge < -0.3 is 14.7 Å². The lowest BCUT2D eigenvalue weighted by Gasteiger charge is -2.27. The normalized spacial score (nSPS) is 15.8. The molecule has 0 bridgehead atoms. The number of aromatic nitrogens is 6. The molecule has 4 heterocycles. The Morgan fingerprint density at radius 3 is 2.77 bits per heavy atom. The van der Waals surface area contributed by atoms with Crippen molar-refractivity contribution in [1.82, 2.24) is 33.6 Å². The number of likely N-dealkylation sites (N-methyl/N-ethyl adjacent to an activating group) is 1. The Balaban J connectivity index is 1.59. The van der Waals surface area contributed by atoms with E-state index in [1.807, 2.05) is 0 Å². The molecule has 0 radical (unpaired) electrons. The van der Waals surface area contributed by atoms with E-state index in [2.05, 4.69) is 16.0 Å². The van der Waals surface area contributed by atoms with E-state index in [1.54, 1.807) is 41.8 Å². The van der Waals surface area contributed by atoms with Crippen molar-refractivity contribution in [2.75, 3.05) is 27.2 Å². The molecule has 2 aromatic carbocycles. The van der Waals surface area contributed by atoms with Crippen LogP contribution in [0.5, 0.6) is 5.75 Å². The smallest absolute Gasteiger partial charge is 0.331 e. The number of imidazole rings is 2. The van der Waals surface area contributed by atoms with E-state index in [9.17, 15) is 19.6 Å². The second kappa shape index (κ2) is 9.82. The highest BCUT2D eigenvalue weighted by Gasteiger charge is 2.33. The molecule has 0 fully saturated rings. The summed E-state index contributed by atoms with van der Waals surface area (Å²) in [6, 6.07) is 8.17. The molecule has 5 aromatic rings. The van der Waals surface area contributed by atoms with Crippen LogP contribution < -0.4 is 10.4 Å². The van der Waals surface area contributed by atoms with E-state index in [1.165, 1.54) is 21.7 Å². The Hall–Kier alpha value is -4.67. The van der Waals surface area contributed by atoms with Gasteiger partial charge in [0.25, 0.3) is 0 Å². The number of aliphatic hydroxyl groups is 1. The van der Waals surface area contributed by atoms with E-state index in [0.717, 1.165) is 12.1 Å². The Morgan fingerprint density at radius 2 is 2.00 bits per heavy atom. The molecule has 11 nitrogen and oxygen atoms in total. The molecule has 0 saturated heterocycles. The summed E-state index contributed by atoms with van der Waals surface area (Å²) in [5, 5.41) is 20.0. The van der Waals surface area contributed by atoms with Crippen molar-refractivity contribution in [1.29, 1.82) is 5.26 Å². The Labute approximate surface area is 226 Å². The largest absolute Gasteiger partial charge is 0.490 e. The third-order valence-corrected chi connectivity index (χ3v) is 6.93. The predicted octanol–water partition coefficient (Wildman–Crippen LogP) is 2.38. The molecule has 0 amide bonds. The third-order valence-electron chi connectivity index (χ3n) is 6.93. The van der Waals surface area contributed by atoms with E-state index in [-0.39, 0.29) is 42.5 Å². The van der Waals surface area contributed by atoms with Crippen LogP contribution in [-0.4, -0.2) is 72.0 Å². The van der Waals surface area contributed by atoms with E-state index in [0.29, 0.717) is 28.7 Å². The molecule has 0 aliphatic carbocycles. The van der Waals surface area contributed by atoms with Crippen LogP contribution in [-0.2, 0) is 6.54 Å². The molecule has 0 spiro atoms. The Kier molecular flexibility index (Phi) is 6.28. The molecule has 1 aliphatic heterocycles. The first-order valence-electron chi connectivity index (χ1n) is 12.6. The third kappa shape index (κ3) is 4.18. The molecule has 2 unspecified atom stereocenters. The minimum Gasteiger partial charge on any atom is -0.490 e. The fourth-order valence-corrected chi connectivity index (χ4v) is 5.23. The zero-order valence-corrected chi connectivity index (χ0v) is 21.6. The topological polar surface area (TPSA) is 127 Å². The van der Waals surface area contributed by atoms with Gasteiger partial charge in [0.2, 0.25) is 5.95 Å². The van der Waals surface area contributed by atoms with Crippen LogP contribution in [0.3, 0.4) is 0 Å². The summed E-state index contributed by atoms with van der Waals surface area (Å²) < 4.78 is 39.5. The lowest BCUT2D eigenvalue weighted by Crippen LogP contribution is -2.36. The molecule has 2 atom stereocenters. The van der Waals surface area contributed by atoms with Crippen molar-refractivity contribution in [3.63, 3.8) is 0 Å². The number of ether oxygens (including phenoxy) is 1. The van der Waals surface area contributed by atoms with Gasteiger partial charge in [0.1, 0.15) is 17.7 Å². The van der Waals surface area contributed by atoms with Gasteiger partial charge in [0.05, 0.1) is 59.7 Å². The highest BCUT2D eigenvalue weighted by Crippen LogP contribution is 2.39. The van der Waals surface area contributed by atoms with Crippen molar-refractivity contribution >= 4 is 22.2 Å². The lowest BCUT2D eigenvalue weighted by atomic mass is 9.99. The zero-order chi connectivity index (χ0) is 28.1. The minimum atomic E-state index is -0.922. The number of hydrogen-bond donors (Lipinski definition) is 1. The lowest BCUT2D eigenvalue weighted by molar-refractivity contribution is 0.119. The SMILES string of the molecule is CN(C)CC(O)Cn1c(=O)n(C2CCOc3c(F)ccc(F)c32)c2nc(-n3cnc4ccc(C#N)cc43)ncc21. The first kappa shape index (κ1) is 25.6. The highest BCUT2D eigenvalue weighted by atomic mass is 19.1. The van der Waals surface area contributed by atoms with Crippen molar-refractivity contribution in [3.05, 3.63) is 76.1 Å². The van der Waals surface area contributed by atoms with Crippen molar-refractivity contribution in [2.24, 2.45) is 0 Å². The van der Waals surface area contributed by atoms with E-state index in [4.69, 9.17) is 9.72 Å². The van der Waals surface area contributed by atoms with Gasteiger partial charge in [0, 0.05) is 13.0 Å². The molecular formula is C27H24F2N8O3. The number of aliphatic hydroxyl groups excluding tert-OH is 1. The van der Waals surface area contributed by atoms with Gasteiger partial charge >= 0.3 is 5.69 Å². The van der Waals surface area contributed by atoms with Crippen molar-refractivity contribution in [3.8, 4) is 17.8 Å². The number of nitrogens with zero attached hydrogens (tertiary/aromatic N) is 8. The van der Waals surface area contributed by atoms with Crippen LogP contribution in [0.2, 0.25) is 0 Å². The van der Waals surface area contributed by atoms with Gasteiger partial charge in [-0.3, -0.25) is 13.7 Å². The number of fused-ring (bicyclic) bond motifs is 3. The second-order valence-corrected chi connectivity index (χ2v) is 9.91. The molecule has 1 N–H and O–H groups in total. The number of hydrogen-bond acceptors (Lipinski definition) is 8. The molecular weight excluding hydrogens is 522 g/mol. The van der Waals surface area contributed by atoms with E-state index >= 15 is 4.39 Å². The average molecular weight is 547 g/mol. The fraction of sp³-hybridized carbons (Fsp3) is 0.296. The number of rotatable bonds is 6. The summed E-state index contributed by atoms with van der Waals surface area (Å²) >= 11 is 0. The van der Waals surface area contributed by atoms with Gasteiger partial charge in [-0.1, -0.05) is 0 Å². The standard InChI is InChI=1S/C27H24F2N8O3/c1-34(2)12-16(38)13-35-22-11-31-26(36-14-32-19-6-3-15(10-30)9-21(19)36)33-25(22)37(27(35)39)20-7-8-40-24-18(29)5-4-17(28)23(20)24/h3-6,9,11,14,16,20,38H,7-8,12-13H2,1-2H3. The predicted molar refractivity (Wildman–Crippen MR) is 140 cm³/mol. The fourth-order valence-electron chi connectivity index (χ4n) is 5.23. The molecule has 3 aromatic heterocycles. The maximum atomic E-state index is 15.1. The van der Waals surface area contributed by atoms with Crippen LogP contribution in [0.25, 0.3) is 28.1 Å². The first-order valence-corrected chi connectivity index (χ1v) is 12.6.